The Bertz CT molecular complexity index is 670. The third-order valence-electron chi connectivity index (χ3n) is 4.11. The molecule has 1 amide bonds. The smallest absolute Gasteiger partial charge is 0.273 e. The number of carbonyl (C=O) groups is 1. The highest BCUT2D eigenvalue weighted by molar-refractivity contribution is 7.10. The van der Waals surface area contributed by atoms with E-state index in [4.69, 9.17) is 9.26 Å². The summed E-state index contributed by atoms with van der Waals surface area (Å²) >= 11 is 1.73. The molecule has 1 aliphatic carbocycles. The molecular weight excluding hydrogens is 288 g/mol. The lowest BCUT2D eigenvalue weighted by molar-refractivity contribution is 0.0850. The van der Waals surface area contributed by atoms with Crippen LogP contribution < -0.4 is 5.32 Å². The first-order valence-electron chi connectivity index (χ1n) is 7.28. The summed E-state index contributed by atoms with van der Waals surface area (Å²) in [5, 5.41) is 8.96. The second-order valence-electron chi connectivity index (χ2n) is 5.44. The fraction of sp³-hybridized carbons (Fsp3) is 0.467. The summed E-state index contributed by atoms with van der Waals surface area (Å²) in [7, 11) is 0. The van der Waals surface area contributed by atoms with Crippen LogP contribution in [0.25, 0.3) is 11.3 Å². The number of carbonyl (C=O) groups excluding carboxylic acids is 1. The summed E-state index contributed by atoms with van der Waals surface area (Å²) < 4.78 is 10.9. The Morgan fingerprint density at radius 3 is 3.29 bits per heavy atom. The van der Waals surface area contributed by atoms with Crippen molar-refractivity contribution >= 4 is 17.2 Å². The maximum atomic E-state index is 12.3. The molecular formula is C15H16N2O3S. The van der Waals surface area contributed by atoms with Crippen LogP contribution in [0.2, 0.25) is 0 Å². The maximum absolute atomic E-state index is 12.3. The number of nitrogens with zero attached hydrogens (tertiary/aromatic N) is 1. The van der Waals surface area contributed by atoms with Gasteiger partial charge in [-0.2, -0.15) is 0 Å². The Hall–Kier alpha value is -1.66. The molecule has 21 heavy (non-hydrogen) atoms. The average Bonchev–Trinajstić information content (AvgIpc) is 3.22. The van der Waals surface area contributed by atoms with Crippen LogP contribution in [-0.2, 0) is 17.6 Å². The van der Waals surface area contributed by atoms with Crippen LogP contribution in [0.1, 0.15) is 33.8 Å². The molecule has 110 valence electrons. The second kappa shape index (κ2) is 5.27. The Morgan fingerprint density at radius 1 is 1.48 bits per heavy atom. The standard InChI is InChI=1S/C15H16N2O3S/c18-15(16-8-9-2-1-6-19-9)13-11-3-4-12-10(5-7-21-12)14(11)20-17-13/h5,7,9H,1-4,6,8H2,(H,16,18). The second-order valence-corrected chi connectivity index (χ2v) is 6.44. The van der Waals surface area contributed by atoms with Crippen molar-refractivity contribution in [3.05, 3.63) is 27.6 Å². The van der Waals surface area contributed by atoms with Gasteiger partial charge in [-0.25, -0.2) is 0 Å². The first-order valence-corrected chi connectivity index (χ1v) is 8.16. The summed E-state index contributed by atoms with van der Waals surface area (Å²) in [4.78, 5) is 13.6. The summed E-state index contributed by atoms with van der Waals surface area (Å²) in [6, 6.07) is 2.04. The SMILES string of the molecule is O=C(NCC1CCCO1)c1noc2c1CCc1sccc1-2. The summed E-state index contributed by atoms with van der Waals surface area (Å²) in [5.74, 6) is 0.606. The molecule has 1 aliphatic heterocycles. The van der Waals surface area contributed by atoms with Gasteiger partial charge in [0, 0.05) is 29.2 Å². The van der Waals surface area contributed by atoms with Crippen LogP contribution in [0, 0.1) is 0 Å². The van der Waals surface area contributed by atoms with Crippen molar-refractivity contribution in [1.29, 1.82) is 0 Å². The summed E-state index contributed by atoms with van der Waals surface area (Å²) in [6.45, 7) is 1.34. The highest BCUT2D eigenvalue weighted by atomic mass is 32.1. The van der Waals surface area contributed by atoms with Gasteiger partial charge < -0.3 is 14.6 Å². The predicted molar refractivity (Wildman–Crippen MR) is 78.5 cm³/mol. The number of fused-ring (bicyclic) bond motifs is 3. The zero-order valence-corrected chi connectivity index (χ0v) is 12.4. The average molecular weight is 304 g/mol. The van der Waals surface area contributed by atoms with Gasteiger partial charge in [0.05, 0.1) is 6.10 Å². The van der Waals surface area contributed by atoms with Crippen LogP contribution in [0.3, 0.4) is 0 Å². The van der Waals surface area contributed by atoms with E-state index < -0.39 is 0 Å². The zero-order chi connectivity index (χ0) is 14.2. The van der Waals surface area contributed by atoms with Crippen molar-refractivity contribution in [1.82, 2.24) is 10.5 Å². The zero-order valence-electron chi connectivity index (χ0n) is 11.6. The van der Waals surface area contributed by atoms with Crippen molar-refractivity contribution in [3.63, 3.8) is 0 Å². The van der Waals surface area contributed by atoms with Gasteiger partial charge in [0.2, 0.25) is 0 Å². The van der Waals surface area contributed by atoms with Crippen molar-refractivity contribution in [2.24, 2.45) is 0 Å². The number of aromatic nitrogens is 1. The van der Waals surface area contributed by atoms with Gasteiger partial charge in [-0.3, -0.25) is 4.79 Å². The van der Waals surface area contributed by atoms with Gasteiger partial charge in [-0.15, -0.1) is 11.3 Å². The van der Waals surface area contributed by atoms with Crippen LogP contribution in [0.4, 0.5) is 0 Å². The molecule has 0 bridgehead atoms. The fourth-order valence-electron chi connectivity index (χ4n) is 3.00. The Kier molecular flexibility index (Phi) is 3.27. The molecule has 0 saturated carbocycles. The number of thiophene rings is 1. The first-order chi connectivity index (χ1) is 10.3. The van der Waals surface area contributed by atoms with Gasteiger partial charge in [0.25, 0.3) is 5.91 Å². The molecule has 5 nitrogen and oxygen atoms in total. The molecule has 1 atom stereocenters. The molecule has 0 aromatic carbocycles. The van der Waals surface area contributed by atoms with Gasteiger partial charge in [-0.1, -0.05) is 5.16 Å². The lowest BCUT2D eigenvalue weighted by Gasteiger charge is -2.12. The van der Waals surface area contributed by atoms with Crippen molar-refractivity contribution in [2.75, 3.05) is 13.2 Å². The molecule has 0 spiro atoms. The van der Waals surface area contributed by atoms with E-state index in [2.05, 4.69) is 15.9 Å². The molecule has 6 heteroatoms. The monoisotopic (exact) mass is 304 g/mol. The summed E-state index contributed by atoms with van der Waals surface area (Å²) in [5.41, 5.74) is 2.46. The molecule has 4 rings (SSSR count). The molecule has 1 fully saturated rings. The lowest BCUT2D eigenvalue weighted by Crippen LogP contribution is -2.32. The number of hydrogen-bond donors (Lipinski definition) is 1. The van der Waals surface area contributed by atoms with Gasteiger partial charge in [0.15, 0.2) is 11.5 Å². The third kappa shape index (κ3) is 2.28. The number of amides is 1. The Morgan fingerprint density at radius 2 is 2.43 bits per heavy atom. The molecule has 2 aromatic heterocycles. The topological polar surface area (TPSA) is 64.4 Å². The van der Waals surface area contributed by atoms with E-state index in [-0.39, 0.29) is 12.0 Å². The van der Waals surface area contributed by atoms with Gasteiger partial charge in [-0.05, 0) is 37.1 Å². The normalized spacial score (nSPS) is 20.1. The van der Waals surface area contributed by atoms with E-state index in [9.17, 15) is 4.79 Å². The van der Waals surface area contributed by atoms with E-state index >= 15 is 0 Å². The molecule has 1 unspecified atom stereocenters. The molecule has 2 aromatic rings. The fourth-order valence-corrected chi connectivity index (χ4v) is 3.88. The van der Waals surface area contributed by atoms with Gasteiger partial charge in [0.1, 0.15) is 0 Å². The Labute approximate surface area is 126 Å². The number of aryl methyl sites for hydroxylation is 1. The van der Waals surface area contributed by atoms with Crippen LogP contribution in [0.15, 0.2) is 16.0 Å². The number of rotatable bonds is 3. The van der Waals surface area contributed by atoms with Crippen LogP contribution >= 0.6 is 11.3 Å². The first kappa shape index (κ1) is 13.0. The molecule has 1 saturated heterocycles. The van der Waals surface area contributed by atoms with E-state index in [1.807, 2.05) is 6.07 Å². The number of nitrogens with one attached hydrogen (secondary N) is 1. The Balaban J connectivity index is 1.53. The molecule has 2 aliphatic rings. The van der Waals surface area contributed by atoms with Crippen molar-refractivity contribution in [3.8, 4) is 11.3 Å². The van der Waals surface area contributed by atoms with E-state index in [0.29, 0.717) is 12.2 Å². The minimum atomic E-state index is -0.158. The van der Waals surface area contributed by atoms with Crippen LogP contribution in [-0.4, -0.2) is 30.3 Å². The third-order valence-corrected chi connectivity index (χ3v) is 5.09. The van der Waals surface area contributed by atoms with Crippen molar-refractivity contribution < 1.29 is 14.1 Å². The minimum absolute atomic E-state index is 0.139. The highest BCUT2D eigenvalue weighted by Gasteiger charge is 2.28. The molecule has 3 heterocycles. The van der Waals surface area contributed by atoms with Crippen LogP contribution in [0.5, 0.6) is 0 Å². The largest absolute Gasteiger partial charge is 0.376 e. The van der Waals surface area contributed by atoms with E-state index in [1.165, 1.54) is 4.88 Å². The number of ether oxygens (including phenoxy) is 1. The molecule has 0 radical (unpaired) electrons. The highest BCUT2D eigenvalue weighted by Crippen LogP contribution is 2.37. The molecule has 1 N–H and O–H groups in total. The predicted octanol–water partition coefficient (Wildman–Crippen LogP) is 2.41. The minimum Gasteiger partial charge on any atom is -0.376 e. The van der Waals surface area contributed by atoms with E-state index in [1.54, 1.807) is 11.3 Å². The maximum Gasteiger partial charge on any atom is 0.273 e. The van der Waals surface area contributed by atoms with Gasteiger partial charge >= 0.3 is 0 Å². The lowest BCUT2D eigenvalue weighted by atomic mass is 9.95. The summed E-state index contributed by atoms with van der Waals surface area (Å²) in [6.07, 6.45) is 3.98. The quantitative estimate of drug-likeness (QED) is 0.946. The number of hydrogen-bond acceptors (Lipinski definition) is 5. The van der Waals surface area contributed by atoms with E-state index in [0.717, 1.165) is 49.2 Å². The van der Waals surface area contributed by atoms with Crippen molar-refractivity contribution in [2.45, 2.75) is 31.8 Å².